The first-order valence-corrected chi connectivity index (χ1v) is 15.1. The van der Waals surface area contributed by atoms with Gasteiger partial charge in [0.25, 0.3) is 0 Å². The van der Waals surface area contributed by atoms with Gasteiger partial charge in [-0.3, -0.25) is 0 Å². The van der Waals surface area contributed by atoms with Crippen LogP contribution in [0.15, 0.2) is 103 Å². The number of ether oxygens (including phenoxy) is 5. The van der Waals surface area contributed by atoms with Crippen LogP contribution < -0.4 is 0 Å². The Morgan fingerprint density at radius 3 is 1.71 bits per heavy atom. The van der Waals surface area contributed by atoms with E-state index in [9.17, 15) is 0 Å². The van der Waals surface area contributed by atoms with Gasteiger partial charge in [0.1, 0.15) is 18.3 Å². The molecule has 0 saturated carbocycles. The molecule has 3 aromatic carbocycles. The van der Waals surface area contributed by atoms with E-state index in [0.717, 1.165) is 29.5 Å². The Morgan fingerprint density at radius 2 is 1.12 bits per heavy atom. The number of hydrogen-bond acceptors (Lipinski definition) is 5. The van der Waals surface area contributed by atoms with Crippen molar-refractivity contribution in [1.82, 2.24) is 0 Å². The maximum Gasteiger partial charge on any atom is 0.186 e. The summed E-state index contributed by atoms with van der Waals surface area (Å²) >= 11 is 0. The fourth-order valence-electron chi connectivity index (χ4n) is 4.98. The van der Waals surface area contributed by atoms with Crippen molar-refractivity contribution in [3.05, 3.63) is 120 Å². The third-order valence-corrected chi connectivity index (χ3v) is 7.29. The maximum atomic E-state index is 6.58. The molecule has 1 heterocycles. The summed E-state index contributed by atoms with van der Waals surface area (Å²) in [6.45, 7) is 4.47. The summed E-state index contributed by atoms with van der Waals surface area (Å²) in [5.41, 5.74) is 3.31. The van der Waals surface area contributed by atoms with E-state index in [1.165, 1.54) is 25.7 Å². The summed E-state index contributed by atoms with van der Waals surface area (Å²) in [6, 6.07) is 30.6. The lowest BCUT2D eigenvalue weighted by molar-refractivity contribution is -0.299. The van der Waals surface area contributed by atoms with Gasteiger partial charge in [0.15, 0.2) is 6.29 Å². The van der Waals surface area contributed by atoms with Gasteiger partial charge < -0.3 is 23.7 Å². The molecule has 1 aliphatic heterocycles. The molecule has 0 radical (unpaired) electrons. The maximum absolute atomic E-state index is 6.58. The molecule has 41 heavy (non-hydrogen) atoms. The Bertz CT molecular complexity index is 1090. The highest BCUT2D eigenvalue weighted by atomic mass is 16.7. The van der Waals surface area contributed by atoms with Crippen LogP contribution in [0.2, 0.25) is 0 Å². The van der Waals surface area contributed by atoms with Crippen LogP contribution in [0.3, 0.4) is 0 Å². The second-order valence-electron chi connectivity index (χ2n) is 10.6. The van der Waals surface area contributed by atoms with Gasteiger partial charge in [-0.05, 0) is 42.9 Å². The number of unbranched alkanes of at least 4 members (excludes halogenated alkanes) is 5. The lowest BCUT2D eigenvalue weighted by Gasteiger charge is -2.42. The van der Waals surface area contributed by atoms with Crippen LogP contribution in [-0.2, 0) is 43.5 Å². The monoisotopic (exact) mass is 558 g/mol. The van der Waals surface area contributed by atoms with Crippen LogP contribution in [0, 0.1) is 0 Å². The largest absolute Gasteiger partial charge is 0.368 e. The van der Waals surface area contributed by atoms with Crippen LogP contribution in [0.25, 0.3) is 0 Å². The fraction of sp³-hybridized carbons (Fsp3) is 0.444. The summed E-state index contributed by atoms with van der Waals surface area (Å²) in [5, 5.41) is 0. The molecule has 0 amide bonds. The van der Waals surface area contributed by atoms with Crippen LogP contribution >= 0.6 is 0 Å². The summed E-state index contributed by atoms with van der Waals surface area (Å²) in [5.74, 6) is 0. The van der Waals surface area contributed by atoms with Crippen molar-refractivity contribution in [2.45, 2.75) is 89.9 Å². The van der Waals surface area contributed by atoms with E-state index in [1.54, 1.807) is 0 Å². The molecule has 0 aliphatic carbocycles. The van der Waals surface area contributed by atoms with Crippen LogP contribution in [0.4, 0.5) is 0 Å². The Hall–Kier alpha value is -2.80. The zero-order valence-corrected chi connectivity index (χ0v) is 24.4. The molecule has 4 atom stereocenters. The molecule has 5 nitrogen and oxygen atoms in total. The third-order valence-electron chi connectivity index (χ3n) is 7.29. The number of rotatable bonds is 18. The molecule has 0 aromatic heterocycles. The topological polar surface area (TPSA) is 46.2 Å². The van der Waals surface area contributed by atoms with Crippen molar-refractivity contribution in [3.8, 4) is 0 Å². The molecule has 0 spiro atoms. The molecule has 5 heteroatoms. The molecule has 0 bridgehead atoms. The molecule has 4 rings (SSSR count). The summed E-state index contributed by atoms with van der Waals surface area (Å²) in [7, 11) is 0. The highest BCUT2D eigenvalue weighted by molar-refractivity contribution is 5.15. The van der Waals surface area contributed by atoms with Crippen molar-refractivity contribution < 1.29 is 23.7 Å². The van der Waals surface area contributed by atoms with E-state index < -0.39 is 12.4 Å². The molecule has 220 valence electrons. The highest BCUT2D eigenvalue weighted by Gasteiger charge is 2.43. The number of benzene rings is 3. The molecule has 1 aliphatic rings. The Labute approximate surface area is 246 Å². The van der Waals surface area contributed by atoms with Gasteiger partial charge in [0.2, 0.25) is 0 Å². The van der Waals surface area contributed by atoms with E-state index in [1.807, 2.05) is 54.6 Å². The lowest BCUT2D eigenvalue weighted by atomic mass is 10.0. The van der Waals surface area contributed by atoms with Crippen LogP contribution in [0.5, 0.6) is 0 Å². The van der Waals surface area contributed by atoms with E-state index in [2.05, 4.69) is 55.5 Å². The van der Waals surface area contributed by atoms with Crippen LogP contribution in [-0.4, -0.2) is 37.8 Å². The summed E-state index contributed by atoms with van der Waals surface area (Å²) in [6.07, 6.45) is 9.80. The second-order valence-corrected chi connectivity index (χ2v) is 10.6. The van der Waals surface area contributed by atoms with Crippen molar-refractivity contribution in [2.75, 3.05) is 13.2 Å². The van der Waals surface area contributed by atoms with Gasteiger partial charge in [0, 0.05) is 6.61 Å². The smallest absolute Gasteiger partial charge is 0.186 e. The molecule has 3 aromatic rings. The minimum atomic E-state index is -0.522. The quantitative estimate of drug-likeness (QED) is 0.117. The fourth-order valence-corrected chi connectivity index (χ4v) is 4.98. The Balaban J connectivity index is 1.41. The summed E-state index contributed by atoms with van der Waals surface area (Å²) < 4.78 is 32.1. The van der Waals surface area contributed by atoms with Gasteiger partial charge in [-0.25, -0.2) is 0 Å². The van der Waals surface area contributed by atoms with Gasteiger partial charge >= 0.3 is 0 Å². The van der Waals surface area contributed by atoms with E-state index in [0.29, 0.717) is 33.0 Å². The van der Waals surface area contributed by atoms with Crippen LogP contribution in [0.1, 0.15) is 62.1 Å². The molecular formula is C36H46O5. The van der Waals surface area contributed by atoms with Crippen molar-refractivity contribution in [1.29, 1.82) is 0 Å². The Morgan fingerprint density at radius 1 is 0.610 bits per heavy atom. The van der Waals surface area contributed by atoms with Gasteiger partial charge in [-0.2, -0.15) is 0 Å². The predicted molar refractivity (Wildman–Crippen MR) is 163 cm³/mol. The first-order valence-electron chi connectivity index (χ1n) is 15.1. The molecular weight excluding hydrogens is 512 g/mol. The minimum Gasteiger partial charge on any atom is -0.368 e. The van der Waals surface area contributed by atoms with E-state index in [4.69, 9.17) is 23.7 Å². The lowest BCUT2D eigenvalue weighted by Crippen LogP contribution is -2.56. The number of hydrogen-bond donors (Lipinski definition) is 0. The molecule has 0 unspecified atom stereocenters. The van der Waals surface area contributed by atoms with E-state index in [-0.39, 0.29) is 12.2 Å². The first-order chi connectivity index (χ1) is 20.3. The zero-order chi connectivity index (χ0) is 28.4. The average molecular weight is 559 g/mol. The molecule has 1 saturated heterocycles. The SMILES string of the molecule is C/C=C/CCCCCCCO[C@@H]1OC[C@@H](OCc2ccccc2)[C@H](OCc2ccccc2)[C@H]1OCc1ccccc1. The first kappa shape index (κ1) is 31.1. The van der Waals surface area contributed by atoms with Crippen molar-refractivity contribution in [3.63, 3.8) is 0 Å². The van der Waals surface area contributed by atoms with E-state index >= 15 is 0 Å². The van der Waals surface area contributed by atoms with Gasteiger partial charge in [-0.15, -0.1) is 0 Å². The van der Waals surface area contributed by atoms with Crippen molar-refractivity contribution in [2.24, 2.45) is 0 Å². The standard InChI is InChI=1S/C36H46O5/c1-2-3-4-5-6-7-8-18-25-37-36-35(40-28-32-23-16-11-17-24-32)34(39-27-31-21-14-10-15-22-31)33(29-41-36)38-26-30-19-12-9-13-20-30/h2-3,9-17,19-24,33-36H,4-8,18,25-29H2,1H3/b3-2+/t33-,34+,35-,36-/m1/s1. The predicted octanol–water partition coefficient (Wildman–Crippen LogP) is 8.03. The zero-order valence-electron chi connectivity index (χ0n) is 24.4. The molecule has 0 N–H and O–H groups in total. The number of allylic oxidation sites excluding steroid dienone is 2. The average Bonchev–Trinajstić information content (AvgIpc) is 3.03. The highest BCUT2D eigenvalue weighted by Crippen LogP contribution is 2.27. The minimum absolute atomic E-state index is 0.295. The Kier molecular flexibility index (Phi) is 14.1. The normalized spacial score (nSPS) is 20.9. The van der Waals surface area contributed by atoms with Crippen molar-refractivity contribution >= 4 is 0 Å². The second kappa shape index (κ2) is 18.6. The molecule has 1 fully saturated rings. The third kappa shape index (κ3) is 11.2. The van der Waals surface area contributed by atoms with Gasteiger partial charge in [-0.1, -0.05) is 122 Å². The summed E-state index contributed by atoms with van der Waals surface area (Å²) in [4.78, 5) is 0. The van der Waals surface area contributed by atoms with Gasteiger partial charge in [0.05, 0.1) is 26.4 Å².